The molecule has 0 aliphatic carbocycles. The summed E-state index contributed by atoms with van der Waals surface area (Å²) in [6.45, 7) is 6.48. The summed E-state index contributed by atoms with van der Waals surface area (Å²) in [6.07, 6.45) is 0. The summed E-state index contributed by atoms with van der Waals surface area (Å²) < 4.78 is 11.9. The van der Waals surface area contributed by atoms with Gasteiger partial charge in [-0.15, -0.1) is 0 Å². The number of nitrogens with one attached hydrogen (secondary N) is 1. The fourth-order valence-corrected chi connectivity index (χ4v) is 3.60. The number of amides is 2. The van der Waals surface area contributed by atoms with Gasteiger partial charge in [0.1, 0.15) is 23.9 Å². The predicted molar refractivity (Wildman–Crippen MR) is 125 cm³/mol. The van der Waals surface area contributed by atoms with Gasteiger partial charge in [-0.05, 0) is 57.2 Å². The average molecular weight is 431 g/mol. The van der Waals surface area contributed by atoms with E-state index in [1.54, 1.807) is 41.3 Å². The molecule has 0 saturated carbocycles. The highest BCUT2D eigenvalue weighted by Crippen LogP contribution is 2.38. The summed E-state index contributed by atoms with van der Waals surface area (Å²) in [6, 6.07) is 21.7. The van der Waals surface area contributed by atoms with Crippen molar-refractivity contribution >= 4 is 23.2 Å². The molecule has 0 spiro atoms. The molecule has 1 aliphatic heterocycles. The summed E-state index contributed by atoms with van der Waals surface area (Å²) in [5, 5.41) is 2.92. The fraction of sp³-hybridized carbons (Fsp3) is 0.231. The minimum atomic E-state index is -0.633. The van der Waals surface area contributed by atoms with Crippen molar-refractivity contribution in [2.45, 2.75) is 20.8 Å². The van der Waals surface area contributed by atoms with Crippen LogP contribution in [-0.2, 0) is 4.79 Å². The molecule has 164 valence electrons. The first kappa shape index (κ1) is 21.4. The largest absolute Gasteiger partial charge is 0.490 e. The van der Waals surface area contributed by atoms with Crippen molar-refractivity contribution in [2.24, 2.45) is 5.41 Å². The second kappa shape index (κ2) is 8.75. The maximum atomic E-state index is 13.0. The highest BCUT2D eigenvalue weighted by atomic mass is 16.5. The Kier molecular flexibility index (Phi) is 5.86. The Hall–Kier alpha value is -3.80. The molecule has 1 heterocycles. The monoisotopic (exact) mass is 430 g/mol. The summed E-state index contributed by atoms with van der Waals surface area (Å²) >= 11 is 0. The molecule has 1 aliphatic rings. The minimum absolute atomic E-state index is 0.0162. The Labute approximate surface area is 187 Å². The minimum Gasteiger partial charge on any atom is -0.490 e. The molecule has 0 bridgehead atoms. The third-order valence-corrected chi connectivity index (χ3v) is 5.34. The van der Waals surface area contributed by atoms with Crippen LogP contribution in [0.25, 0.3) is 0 Å². The lowest BCUT2D eigenvalue weighted by Gasteiger charge is -2.26. The van der Waals surface area contributed by atoms with Crippen molar-refractivity contribution in [2.75, 3.05) is 23.4 Å². The molecule has 0 atom stereocenters. The summed E-state index contributed by atoms with van der Waals surface area (Å²) in [5.41, 5.74) is 1.06. The molecule has 6 nitrogen and oxygen atoms in total. The normalized spacial score (nSPS) is 14.7. The maximum Gasteiger partial charge on any atom is 0.259 e. The first-order valence-corrected chi connectivity index (χ1v) is 10.6. The van der Waals surface area contributed by atoms with Crippen LogP contribution in [0.3, 0.4) is 0 Å². The van der Waals surface area contributed by atoms with Crippen LogP contribution in [0, 0.1) is 5.41 Å². The molecule has 0 fully saturated rings. The molecule has 6 heteroatoms. The van der Waals surface area contributed by atoms with Crippen molar-refractivity contribution in [1.29, 1.82) is 0 Å². The SMILES string of the molecule is CCN1C(=O)C(C)(C)COc2cc(NC(=O)c3ccccc3Oc3ccccc3)ccc21. The molecule has 3 aromatic carbocycles. The Morgan fingerprint density at radius 2 is 1.78 bits per heavy atom. The van der Waals surface area contributed by atoms with Gasteiger partial charge in [-0.25, -0.2) is 0 Å². The molecule has 2 amide bonds. The van der Waals surface area contributed by atoms with E-state index in [0.29, 0.717) is 40.7 Å². The maximum absolute atomic E-state index is 13.0. The summed E-state index contributed by atoms with van der Waals surface area (Å²) in [4.78, 5) is 27.6. The Balaban J connectivity index is 1.58. The van der Waals surface area contributed by atoms with Crippen LogP contribution in [0.5, 0.6) is 17.2 Å². The fourth-order valence-electron chi connectivity index (χ4n) is 3.60. The number of rotatable bonds is 5. The molecule has 3 aromatic rings. The third-order valence-electron chi connectivity index (χ3n) is 5.34. The van der Waals surface area contributed by atoms with Crippen LogP contribution < -0.4 is 19.7 Å². The van der Waals surface area contributed by atoms with Gasteiger partial charge in [0, 0.05) is 18.3 Å². The number of hydrogen-bond donors (Lipinski definition) is 1. The molecule has 1 N–H and O–H groups in total. The zero-order valence-electron chi connectivity index (χ0n) is 18.4. The van der Waals surface area contributed by atoms with E-state index in [0.717, 1.165) is 0 Å². The number of anilines is 2. The van der Waals surface area contributed by atoms with Crippen LogP contribution in [0.2, 0.25) is 0 Å². The first-order valence-electron chi connectivity index (χ1n) is 10.6. The van der Waals surface area contributed by atoms with Gasteiger partial charge in [0.05, 0.1) is 16.7 Å². The van der Waals surface area contributed by atoms with E-state index < -0.39 is 5.41 Å². The van der Waals surface area contributed by atoms with Gasteiger partial charge >= 0.3 is 0 Å². The van der Waals surface area contributed by atoms with Crippen molar-refractivity contribution in [1.82, 2.24) is 0 Å². The number of benzene rings is 3. The van der Waals surface area contributed by atoms with E-state index in [2.05, 4.69) is 5.32 Å². The lowest BCUT2D eigenvalue weighted by molar-refractivity contribution is -0.127. The standard InChI is InChI=1S/C26H26N2O4/c1-4-28-21-15-14-18(16-23(21)31-17-26(2,3)25(28)30)27-24(29)20-12-8-9-13-22(20)32-19-10-6-5-7-11-19/h5-16H,4,17H2,1-3H3,(H,27,29). The predicted octanol–water partition coefficient (Wildman–Crippen LogP) is 5.50. The number of carbonyl (C=O) groups excluding carboxylic acids is 2. The number of ether oxygens (including phenoxy) is 2. The average Bonchev–Trinajstić information content (AvgIpc) is 2.89. The van der Waals surface area contributed by atoms with Gasteiger partial charge in [0.2, 0.25) is 5.91 Å². The zero-order chi connectivity index (χ0) is 22.7. The van der Waals surface area contributed by atoms with Crippen LogP contribution in [-0.4, -0.2) is 25.0 Å². The number of nitrogens with zero attached hydrogens (tertiary/aromatic N) is 1. The number of carbonyl (C=O) groups is 2. The number of para-hydroxylation sites is 2. The van der Waals surface area contributed by atoms with Crippen LogP contribution in [0.1, 0.15) is 31.1 Å². The molecule has 0 radical (unpaired) electrons. The van der Waals surface area contributed by atoms with Crippen molar-refractivity contribution < 1.29 is 19.1 Å². The van der Waals surface area contributed by atoms with E-state index in [9.17, 15) is 9.59 Å². The zero-order valence-corrected chi connectivity index (χ0v) is 18.4. The lowest BCUT2D eigenvalue weighted by atomic mass is 9.93. The van der Waals surface area contributed by atoms with Crippen molar-refractivity contribution in [3.05, 3.63) is 78.4 Å². The molecule has 0 unspecified atom stereocenters. The Morgan fingerprint density at radius 1 is 1.06 bits per heavy atom. The van der Waals surface area contributed by atoms with Gasteiger partial charge < -0.3 is 19.7 Å². The number of fused-ring (bicyclic) bond motifs is 1. The second-order valence-electron chi connectivity index (χ2n) is 8.27. The van der Waals surface area contributed by atoms with Crippen LogP contribution >= 0.6 is 0 Å². The van der Waals surface area contributed by atoms with E-state index >= 15 is 0 Å². The van der Waals surface area contributed by atoms with E-state index in [1.807, 2.05) is 57.2 Å². The van der Waals surface area contributed by atoms with E-state index in [1.165, 1.54) is 0 Å². The Bertz CT molecular complexity index is 1140. The summed E-state index contributed by atoms with van der Waals surface area (Å²) in [7, 11) is 0. The quantitative estimate of drug-likeness (QED) is 0.580. The summed E-state index contributed by atoms with van der Waals surface area (Å²) in [5.74, 6) is 1.40. The van der Waals surface area contributed by atoms with E-state index in [-0.39, 0.29) is 18.4 Å². The van der Waals surface area contributed by atoms with Crippen molar-refractivity contribution in [3.8, 4) is 17.2 Å². The van der Waals surface area contributed by atoms with Gasteiger partial charge in [-0.3, -0.25) is 9.59 Å². The van der Waals surface area contributed by atoms with Gasteiger partial charge in [-0.2, -0.15) is 0 Å². The molecule has 0 aromatic heterocycles. The second-order valence-corrected chi connectivity index (χ2v) is 8.27. The van der Waals surface area contributed by atoms with Crippen molar-refractivity contribution in [3.63, 3.8) is 0 Å². The molecule has 32 heavy (non-hydrogen) atoms. The van der Waals surface area contributed by atoms with Gasteiger partial charge in [0.15, 0.2) is 0 Å². The first-order chi connectivity index (χ1) is 15.4. The highest BCUT2D eigenvalue weighted by molar-refractivity contribution is 6.07. The van der Waals surface area contributed by atoms with Gasteiger partial charge in [0.25, 0.3) is 5.91 Å². The lowest BCUT2D eigenvalue weighted by Crippen LogP contribution is -2.42. The van der Waals surface area contributed by atoms with Crippen LogP contribution in [0.15, 0.2) is 72.8 Å². The smallest absolute Gasteiger partial charge is 0.259 e. The van der Waals surface area contributed by atoms with Crippen LogP contribution in [0.4, 0.5) is 11.4 Å². The topological polar surface area (TPSA) is 67.9 Å². The Morgan fingerprint density at radius 3 is 2.53 bits per heavy atom. The third kappa shape index (κ3) is 4.30. The molecule has 4 rings (SSSR count). The molecule has 0 saturated heterocycles. The van der Waals surface area contributed by atoms with E-state index in [4.69, 9.17) is 9.47 Å². The molecular formula is C26H26N2O4. The molecular weight excluding hydrogens is 404 g/mol. The van der Waals surface area contributed by atoms with Gasteiger partial charge in [-0.1, -0.05) is 30.3 Å². The highest BCUT2D eigenvalue weighted by Gasteiger charge is 2.37. The number of hydrogen-bond acceptors (Lipinski definition) is 4.